The van der Waals surface area contributed by atoms with Crippen LogP contribution in [0.3, 0.4) is 0 Å². The van der Waals surface area contributed by atoms with Crippen molar-refractivity contribution in [1.29, 1.82) is 0 Å². The highest BCUT2D eigenvalue weighted by atomic mass is 15.1. The summed E-state index contributed by atoms with van der Waals surface area (Å²) in [5.41, 5.74) is 2.31. The molecular formula is C10H14N4. The number of nitrogens with zero attached hydrogens (tertiary/aromatic N) is 2. The molecule has 2 N–H and O–H groups in total. The summed E-state index contributed by atoms with van der Waals surface area (Å²) in [7, 11) is 0. The molecule has 0 saturated heterocycles. The molecule has 2 aromatic rings. The van der Waals surface area contributed by atoms with Gasteiger partial charge in [-0.1, -0.05) is 0 Å². The normalized spacial score (nSPS) is 10.4. The van der Waals surface area contributed by atoms with Crippen molar-refractivity contribution in [2.75, 3.05) is 5.32 Å². The molecule has 0 aliphatic carbocycles. The maximum absolute atomic E-state index is 3.86. The first-order valence-corrected chi connectivity index (χ1v) is 4.76. The Labute approximate surface area is 82.9 Å². The van der Waals surface area contributed by atoms with Crippen molar-refractivity contribution in [2.45, 2.75) is 20.0 Å². The molecule has 0 bridgehead atoms. The monoisotopic (exact) mass is 190 g/mol. The molecule has 4 heteroatoms. The summed E-state index contributed by atoms with van der Waals surface area (Å²) in [6.45, 7) is 3.99. The van der Waals surface area contributed by atoms with Crippen LogP contribution < -0.4 is 5.32 Å². The Morgan fingerprint density at radius 3 is 3.14 bits per heavy atom. The standard InChI is InChI=1S/C10H14N4/c1-2-14-4-3-9(8-14)5-11-10-6-12-13-7-10/h3-4,6-8,11H,2,5H2,1H3,(H,12,13). The lowest BCUT2D eigenvalue weighted by atomic mass is 10.3. The van der Waals surface area contributed by atoms with Gasteiger partial charge in [0.1, 0.15) is 0 Å². The molecule has 0 saturated carbocycles. The molecule has 0 aliphatic heterocycles. The van der Waals surface area contributed by atoms with Gasteiger partial charge in [0.25, 0.3) is 0 Å². The van der Waals surface area contributed by atoms with Gasteiger partial charge in [-0.05, 0) is 18.6 Å². The highest BCUT2D eigenvalue weighted by Crippen LogP contribution is 2.06. The van der Waals surface area contributed by atoms with Gasteiger partial charge in [0.05, 0.1) is 11.9 Å². The molecule has 0 spiro atoms. The van der Waals surface area contributed by atoms with Crippen LogP contribution in [0.25, 0.3) is 0 Å². The lowest BCUT2D eigenvalue weighted by Gasteiger charge is -2.00. The van der Waals surface area contributed by atoms with Gasteiger partial charge in [0.2, 0.25) is 0 Å². The van der Waals surface area contributed by atoms with E-state index in [0.717, 1.165) is 18.8 Å². The van der Waals surface area contributed by atoms with Gasteiger partial charge in [0, 0.05) is 31.7 Å². The number of aromatic amines is 1. The van der Waals surface area contributed by atoms with Crippen LogP contribution in [0.1, 0.15) is 12.5 Å². The molecular weight excluding hydrogens is 176 g/mol. The van der Waals surface area contributed by atoms with E-state index in [0.29, 0.717) is 0 Å². The molecule has 0 aromatic carbocycles. The minimum atomic E-state index is 0.840. The van der Waals surface area contributed by atoms with E-state index in [1.807, 2.05) is 6.20 Å². The Bertz CT molecular complexity index is 374. The van der Waals surface area contributed by atoms with Crippen molar-refractivity contribution in [1.82, 2.24) is 14.8 Å². The van der Waals surface area contributed by atoms with Crippen molar-refractivity contribution >= 4 is 5.69 Å². The van der Waals surface area contributed by atoms with Crippen molar-refractivity contribution in [3.05, 3.63) is 36.4 Å². The lowest BCUT2D eigenvalue weighted by Crippen LogP contribution is -1.97. The van der Waals surface area contributed by atoms with E-state index in [1.54, 1.807) is 6.20 Å². The average Bonchev–Trinajstić information content (AvgIpc) is 2.86. The molecule has 0 atom stereocenters. The van der Waals surface area contributed by atoms with Crippen LogP contribution in [0.2, 0.25) is 0 Å². The largest absolute Gasteiger partial charge is 0.378 e. The van der Waals surface area contributed by atoms with Crippen LogP contribution in [-0.2, 0) is 13.1 Å². The van der Waals surface area contributed by atoms with Gasteiger partial charge in [0.15, 0.2) is 0 Å². The van der Waals surface area contributed by atoms with E-state index in [-0.39, 0.29) is 0 Å². The minimum Gasteiger partial charge on any atom is -0.378 e. The van der Waals surface area contributed by atoms with E-state index < -0.39 is 0 Å². The Kier molecular flexibility index (Phi) is 2.53. The predicted molar refractivity (Wildman–Crippen MR) is 56.0 cm³/mol. The van der Waals surface area contributed by atoms with Crippen molar-refractivity contribution in [3.63, 3.8) is 0 Å². The lowest BCUT2D eigenvalue weighted by molar-refractivity contribution is 0.766. The van der Waals surface area contributed by atoms with Gasteiger partial charge >= 0.3 is 0 Å². The fourth-order valence-corrected chi connectivity index (χ4v) is 1.34. The van der Waals surface area contributed by atoms with Crippen LogP contribution >= 0.6 is 0 Å². The number of aromatic nitrogens is 3. The smallest absolute Gasteiger partial charge is 0.0726 e. The zero-order chi connectivity index (χ0) is 9.80. The fraction of sp³-hybridized carbons (Fsp3) is 0.300. The molecule has 0 radical (unpaired) electrons. The Morgan fingerprint density at radius 2 is 2.50 bits per heavy atom. The topological polar surface area (TPSA) is 45.6 Å². The molecule has 4 nitrogen and oxygen atoms in total. The molecule has 0 unspecified atom stereocenters. The summed E-state index contributed by atoms with van der Waals surface area (Å²) in [6.07, 6.45) is 7.85. The van der Waals surface area contributed by atoms with Gasteiger partial charge < -0.3 is 9.88 Å². The summed E-state index contributed by atoms with van der Waals surface area (Å²) in [4.78, 5) is 0. The molecule has 2 aromatic heterocycles. The van der Waals surface area contributed by atoms with E-state index in [2.05, 4.69) is 45.5 Å². The summed E-state index contributed by atoms with van der Waals surface area (Å²) in [5.74, 6) is 0. The van der Waals surface area contributed by atoms with Crippen LogP contribution in [0.15, 0.2) is 30.9 Å². The van der Waals surface area contributed by atoms with E-state index in [4.69, 9.17) is 0 Å². The van der Waals surface area contributed by atoms with Crippen molar-refractivity contribution in [2.24, 2.45) is 0 Å². The molecule has 0 fully saturated rings. The zero-order valence-corrected chi connectivity index (χ0v) is 8.20. The van der Waals surface area contributed by atoms with Crippen molar-refractivity contribution < 1.29 is 0 Å². The van der Waals surface area contributed by atoms with E-state index in [1.165, 1.54) is 5.56 Å². The zero-order valence-electron chi connectivity index (χ0n) is 8.20. The number of hydrogen-bond donors (Lipinski definition) is 2. The number of rotatable bonds is 4. The number of aryl methyl sites for hydroxylation is 1. The van der Waals surface area contributed by atoms with Gasteiger partial charge in [-0.2, -0.15) is 5.10 Å². The maximum atomic E-state index is 3.86. The van der Waals surface area contributed by atoms with Gasteiger partial charge in [-0.25, -0.2) is 0 Å². The molecule has 0 amide bonds. The fourth-order valence-electron chi connectivity index (χ4n) is 1.34. The first kappa shape index (κ1) is 8.87. The Morgan fingerprint density at radius 1 is 1.57 bits per heavy atom. The second kappa shape index (κ2) is 4.00. The minimum absolute atomic E-state index is 0.840. The van der Waals surface area contributed by atoms with E-state index >= 15 is 0 Å². The van der Waals surface area contributed by atoms with Crippen LogP contribution in [0.4, 0.5) is 5.69 Å². The maximum Gasteiger partial charge on any atom is 0.0726 e. The molecule has 2 heterocycles. The molecule has 74 valence electrons. The first-order chi connectivity index (χ1) is 6.88. The summed E-state index contributed by atoms with van der Waals surface area (Å²) >= 11 is 0. The Hall–Kier alpha value is -1.71. The second-order valence-corrected chi connectivity index (χ2v) is 3.19. The number of hydrogen-bond acceptors (Lipinski definition) is 2. The number of H-pyrrole nitrogens is 1. The Balaban J connectivity index is 1.92. The van der Waals surface area contributed by atoms with Gasteiger partial charge in [-0.15, -0.1) is 0 Å². The molecule has 2 rings (SSSR count). The number of nitrogens with one attached hydrogen (secondary N) is 2. The predicted octanol–water partition coefficient (Wildman–Crippen LogP) is 1.84. The third kappa shape index (κ3) is 1.96. The van der Waals surface area contributed by atoms with Crippen molar-refractivity contribution in [3.8, 4) is 0 Å². The SMILES string of the molecule is CCn1ccc(CNc2cn[nH]c2)c1. The number of anilines is 1. The quantitative estimate of drug-likeness (QED) is 0.772. The van der Waals surface area contributed by atoms with Crippen LogP contribution in [0, 0.1) is 0 Å². The molecule has 0 aliphatic rings. The second-order valence-electron chi connectivity index (χ2n) is 3.19. The first-order valence-electron chi connectivity index (χ1n) is 4.76. The molecule has 14 heavy (non-hydrogen) atoms. The highest BCUT2D eigenvalue weighted by molar-refractivity contribution is 5.38. The third-order valence-electron chi connectivity index (χ3n) is 2.17. The van der Waals surface area contributed by atoms with Crippen LogP contribution in [0.5, 0.6) is 0 Å². The highest BCUT2D eigenvalue weighted by Gasteiger charge is 1.96. The summed E-state index contributed by atoms with van der Waals surface area (Å²) < 4.78 is 2.16. The summed E-state index contributed by atoms with van der Waals surface area (Å²) in [5, 5.41) is 9.90. The van der Waals surface area contributed by atoms with E-state index in [9.17, 15) is 0 Å². The summed E-state index contributed by atoms with van der Waals surface area (Å²) in [6, 6.07) is 2.12. The van der Waals surface area contributed by atoms with Crippen LogP contribution in [-0.4, -0.2) is 14.8 Å². The average molecular weight is 190 g/mol. The van der Waals surface area contributed by atoms with Gasteiger partial charge in [-0.3, -0.25) is 5.10 Å². The third-order valence-corrected chi connectivity index (χ3v) is 2.17.